The average Bonchev–Trinajstić information content (AvgIpc) is 1.88. The quantitative estimate of drug-likeness (QED) is 0.480. The molecule has 0 bridgehead atoms. The van der Waals surface area contributed by atoms with Gasteiger partial charge in [0.05, 0.1) is 19.3 Å². The zero-order valence-corrected chi connectivity index (χ0v) is 5.79. The highest BCUT2D eigenvalue weighted by atomic mass is 16.5. The maximum absolute atomic E-state index is 4.88. The first-order chi connectivity index (χ1) is 4.35. The molecule has 0 heterocycles. The van der Waals surface area contributed by atoms with Gasteiger partial charge in [0.15, 0.2) is 0 Å². The van der Waals surface area contributed by atoms with Gasteiger partial charge in [0.25, 0.3) is 8.05 Å². The summed E-state index contributed by atoms with van der Waals surface area (Å²) in [6, 6.07) is 0. The monoisotopic (exact) mass is 130 g/mol. The molecule has 4 heteroatoms. The SMILES string of the molecule is [B]OC(COC)COC. The molecular weight excluding hydrogens is 119 g/mol. The van der Waals surface area contributed by atoms with Gasteiger partial charge in [0.2, 0.25) is 0 Å². The van der Waals surface area contributed by atoms with E-state index in [4.69, 9.17) is 17.5 Å². The second-order valence-corrected chi connectivity index (χ2v) is 1.67. The van der Waals surface area contributed by atoms with E-state index in [9.17, 15) is 0 Å². The molecule has 0 aliphatic rings. The molecule has 0 aromatic heterocycles. The minimum atomic E-state index is -0.153. The van der Waals surface area contributed by atoms with Crippen molar-refractivity contribution in [2.45, 2.75) is 6.10 Å². The van der Waals surface area contributed by atoms with E-state index in [0.29, 0.717) is 13.2 Å². The molecule has 0 saturated heterocycles. The van der Waals surface area contributed by atoms with Gasteiger partial charge in [-0.1, -0.05) is 0 Å². The first-order valence-corrected chi connectivity index (χ1v) is 2.68. The molecule has 0 aromatic rings. The Morgan fingerprint density at radius 1 is 1.22 bits per heavy atom. The van der Waals surface area contributed by atoms with Crippen molar-refractivity contribution in [3.8, 4) is 0 Å². The zero-order chi connectivity index (χ0) is 7.11. The van der Waals surface area contributed by atoms with Crippen LogP contribution in [0, 0.1) is 0 Å². The molecule has 0 fully saturated rings. The Hall–Kier alpha value is -0.0551. The first-order valence-electron chi connectivity index (χ1n) is 2.68. The Labute approximate surface area is 56.7 Å². The topological polar surface area (TPSA) is 27.7 Å². The number of rotatable bonds is 5. The minimum absolute atomic E-state index is 0.153. The third-order valence-corrected chi connectivity index (χ3v) is 0.898. The molecule has 2 radical (unpaired) electrons. The maximum atomic E-state index is 4.88. The van der Waals surface area contributed by atoms with Gasteiger partial charge in [-0.2, -0.15) is 0 Å². The second-order valence-electron chi connectivity index (χ2n) is 1.67. The van der Waals surface area contributed by atoms with Gasteiger partial charge in [0.1, 0.15) is 0 Å². The van der Waals surface area contributed by atoms with Crippen molar-refractivity contribution in [1.29, 1.82) is 0 Å². The number of hydrogen-bond donors (Lipinski definition) is 0. The molecule has 0 aliphatic heterocycles. The Bertz CT molecular complexity index is 54.2. The summed E-state index contributed by atoms with van der Waals surface area (Å²) < 4.78 is 14.0. The van der Waals surface area contributed by atoms with Crippen molar-refractivity contribution >= 4 is 8.05 Å². The number of hydrogen-bond acceptors (Lipinski definition) is 3. The van der Waals surface area contributed by atoms with Gasteiger partial charge >= 0.3 is 0 Å². The molecule has 0 saturated carbocycles. The van der Waals surface area contributed by atoms with Crippen LogP contribution in [0.25, 0.3) is 0 Å². The fourth-order valence-corrected chi connectivity index (χ4v) is 0.498. The van der Waals surface area contributed by atoms with Crippen LogP contribution in [-0.4, -0.2) is 41.6 Å². The van der Waals surface area contributed by atoms with E-state index >= 15 is 0 Å². The molecule has 3 nitrogen and oxygen atoms in total. The largest absolute Gasteiger partial charge is 0.441 e. The van der Waals surface area contributed by atoms with Crippen molar-refractivity contribution in [1.82, 2.24) is 0 Å². The highest BCUT2D eigenvalue weighted by Crippen LogP contribution is 1.89. The summed E-state index contributed by atoms with van der Waals surface area (Å²) in [6.07, 6.45) is -0.153. The van der Waals surface area contributed by atoms with Crippen LogP contribution in [0.4, 0.5) is 0 Å². The Morgan fingerprint density at radius 2 is 1.67 bits per heavy atom. The Kier molecular flexibility index (Phi) is 6.03. The number of ether oxygens (including phenoxy) is 2. The lowest BCUT2D eigenvalue weighted by Gasteiger charge is -2.12. The summed E-state index contributed by atoms with van der Waals surface area (Å²) in [5, 5.41) is 0. The molecule has 0 unspecified atom stereocenters. The van der Waals surface area contributed by atoms with Crippen LogP contribution >= 0.6 is 0 Å². The van der Waals surface area contributed by atoms with Crippen LogP contribution in [0.1, 0.15) is 0 Å². The highest BCUT2D eigenvalue weighted by Gasteiger charge is 2.03. The van der Waals surface area contributed by atoms with Crippen LogP contribution in [0.15, 0.2) is 0 Å². The van der Waals surface area contributed by atoms with Crippen LogP contribution in [0.3, 0.4) is 0 Å². The molecule has 0 N–H and O–H groups in total. The van der Waals surface area contributed by atoms with Crippen molar-refractivity contribution in [3.63, 3.8) is 0 Å². The van der Waals surface area contributed by atoms with E-state index in [1.807, 2.05) is 0 Å². The summed E-state index contributed by atoms with van der Waals surface area (Å²) in [6.45, 7) is 0.925. The summed E-state index contributed by atoms with van der Waals surface area (Å²) in [4.78, 5) is 0. The molecule has 0 aromatic carbocycles. The summed E-state index contributed by atoms with van der Waals surface area (Å²) >= 11 is 0. The summed E-state index contributed by atoms with van der Waals surface area (Å²) in [5.41, 5.74) is 0. The molecule has 52 valence electrons. The highest BCUT2D eigenvalue weighted by molar-refractivity contribution is 5.98. The zero-order valence-electron chi connectivity index (χ0n) is 5.79. The van der Waals surface area contributed by atoms with Crippen LogP contribution < -0.4 is 0 Å². The predicted molar refractivity (Wildman–Crippen MR) is 34.4 cm³/mol. The normalized spacial score (nSPS) is 10.6. The molecule has 9 heavy (non-hydrogen) atoms. The van der Waals surface area contributed by atoms with E-state index < -0.39 is 0 Å². The fourth-order valence-electron chi connectivity index (χ4n) is 0.498. The molecule has 0 rings (SSSR count). The maximum Gasteiger partial charge on any atom is 0.283 e. The van der Waals surface area contributed by atoms with Crippen molar-refractivity contribution < 1.29 is 14.1 Å². The van der Waals surface area contributed by atoms with Crippen molar-refractivity contribution in [3.05, 3.63) is 0 Å². The lowest BCUT2D eigenvalue weighted by molar-refractivity contribution is 0.0291. The van der Waals surface area contributed by atoms with Gasteiger partial charge in [-0.25, -0.2) is 0 Å². The van der Waals surface area contributed by atoms with Crippen molar-refractivity contribution in [2.75, 3.05) is 27.4 Å². The van der Waals surface area contributed by atoms with Gasteiger partial charge in [-0.05, 0) is 0 Å². The standard InChI is InChI=1S/C5H11BO3/c1-7-3-5(9-6)4-8-2/h5H,3-4H2,1-2H3. The fraction of sp³-hybridized carbons (Fsp3) is 1.00. The Morgan fingerprint density at radius 3 is 1.89 bits per heavy atom. The van der Waals surface area contributed by atoms with E-state index in [0.717, 1.165) is 0 Å². The average molecular weight is 130 g/mol. The van der Waals surface area contributed by atoms with Gasteiger partial charge in [-0.3, -0.25) is 0 Å². The third kappa shape index (κ3) is 4.45. The lowest BCUT2D eigenvalue weighted by Crippen LogP contribution is -2.23. The molecule has 0 atom stereocenters. The summed E-state index contributed by atoms with van der Waals surface area (Å²) in [5.74, 6) is 0. The minimum Gasteiger partial charge on any atom is -0.441 e. The van der Waals surface area contributed by atoms with Crippen molar-refractivity contribution in [2.24, 2.45) is 0 Å². The molecule has 0 aliphatic carbocycles. The summed E-state index contributed by atoms with van der Waals surface area (Å²) in [7, 11) is 8.05. The van der Waals surface area contributed by atoms with E-state index in [-0.39, 0.29) is 6.10 Å². The molecule has 0 spiro atoms. The van der Waals surface area contributed by atoms with Crippen LogP contribution in [-0.2, 0) is 14.1 Å². The number of methoxy groups -OCH3 is 2. The third-order valence-electron chi connectivity index (χ3n) is 0.898. The lowest BCUT2D eigenvalue weighted by atomic mass is 10.4. The van der Waals surface area contributed by atoms with Crippen LogP contribution in [0.5, 0.6) is 0 Å². The Balaban J connectivity index is 3.18. The molecule has 0 amide bonds. The van der Waals surface area contributed by atoms with E-state index in [1.54, 1.807) is 14.2 Å². The van der Waals surface area contributed by atoms with Crippen LogP contribution in [0.2, 0.25) is 0 Å². The van der Waals surface area contributed by atoms with E-state index in [2.05, 4.69) is 4.65 Å². The molecular formula is C5H11BO3. The second kappa shape index (κ2) is 6.07. The van der Waals surface area contributed by atoms with E-state index in [1.165, 1.54) is 0 Å². The first kappa shape index (κ1) is 8.94. The smallest absolute Gasteiger partial charge is 0.283 e. The van der Waals surface area contributed by atoms with Gasteiger partial charge in [-0.15, -0.1) is 0 Å². The van der Waals surface area contributed by atoms with Gasteiger partial charge < -0.3 is 14.1 Å². The van der Waals surface area contributed by atoms with Gasteiger partial charge in [0, 0.05) is 14.2 Å². The predicted octanol–water partition coefficient (Wildman–Crippen LogP) is -0.252.